The molecule has 1 saturated heterocycles. The van der Waals surface area contributed by atoms with Crippen molar-refractivity contribution in [1.82, 2.24) is 25.2 Å². The molecule has 2 saturated carbocycles. The van der Waals surface area contributed by atoms with Crippen LogP contribution in [0.15, 0.2) is 30.4 Å². The molecule has 19 heteroatoms. The molecule has 4 amide bonds. The highest BCUT2D eigenvalue weighted by Crippen LogP contribution is 2.48. The summed E-state index contributed by atoms with van der Waals surface area (Å²) in [7, 11) is -2.90. The number of benzene rings is 1. The summed E-state index contributed by atoms with van der Waals surface area (Å²) in [5.74, 6) is -2.54. The van der Waals surface area contributed by atoms with Crippen LogP contribution in [0.25, 0.3) is 10.8 Å². The van der Waals surface area contributed by atoms with Crippen LogP contribution in [0, 0.1) is 17.8 Å². The molecule has 15 nitrogen and oxygen atoms in total. The van der Waals surface area contributed by atoms with Gasteiger partial charge in [-0.05, 0) is 101 Å². The Morgan fingerprint density at radius 1 is 1.16 bits per heavy atom. The Bertz CT molecular complexity index is 2220. The number of hydrogen-bond donors (Lipinski definition) is 3. The SMILES string of the molecule is CC[C@@H]1C[C@@H](C)CC/C=C\[C@@H]2C[C@@]2(C(=O)NS(=O)(=O)C2(CF)CC2)NC(=O)[C@@H]2C[C@@H](Oc3nc4c(c5cc(OC)ccc35)CCCO4)CN2C(=O)[C@H]1NC(=O)OC(C)(C)C(F)F. The molecule has 7 rings (SSSR count). The predicted molar refractivity (Wildman–Crippen MR) is 220 cm³/mol. The van der Waals surface area contributed by atoms with Crippen molar-refractivity contribution >= 4 is 44.6 Å². The van der Waals surface area contributed by atoms with E-state index < -0.39 is 92.8 Å². The van der Waals surface area contributed by atoms with Crippen LogP contribution in [0.2, 0.25) is 0 Å². The molecule has 3 aliphatic heterocycles. The number of carbonyl (C=O) groups is 4. The Kier molecular flexibility index (Phi) is 12.7. The highest BCUT2D eigenvalue weighted by atomic mass is 32.2. The van der Waals surface area contributed by atoms with Gasteiger partial charge in [-0.2, -0.15) is 4.98 Å². The van der Waals surface area contributed by atoms with Crippen LogP contribution >= 0.6 is 0 Å². The molecule has 1 aromatic carbocycles. The second-order valence-electron chi connectivity index (χ2n) is 18.0. The van der Waals surface area contributed by atoms with Gasteiger partial charge in [-0.1, -0.05) is 32.4 Å². The lowest BCUT2D eigenvalue weighted by molar-refractivity contribution is -0.142. The highest BCUT2D eigenvalue weighted by Gasteiger charge is 2.64. The highest BCUT2D eigenvalue weighted by molar-refractivity contribution is 7.91. The van der Waals surface area contributed by atoms with Crippen molar-refractivity contribution in [3.8, 4) is 17.5 Å². The van der Waals surface area contributed by atoms with E-state index in [1.807, 2.05) is 26.0 Å². The van der Waals surface area contributed by atoms with Gasteiger partial charge in [0.15, 0.2) is 5.60 Å². The number of nitrogens with zero attached hydrogens (tertiary/aromatic N) is 2. The number of aryl methyl sites for hydroxylation is 1. The van der Waals surface area contributed by atoms with Crippen LogP contribution < -0.4 is 29.6 Å². The van der Waals surface area contributed by atoms with Gasteiger partial charge in [0.1, 0.15) is 40.9 Å². The van der Waals surface area contributed by atoms with E-state index in [1.165, 1.54) is 4.90 Å². The first-order chi connectivity index (χ1) is 29.4. The first kappa shape index (κ1) is 45.2. The van der Waals surface area contributed by atoms with Gasteiger partial charge in [-0.15, -0.1) is 0 Å². The van der Waals surface area contributed by atoms with Crippen LogP contribution in [0.5, 0.6) is 17.5 Å². The van der Waals surface area contributed by atoms with E-state index in [2.05, 4.69) is 15.4 Å². The number of amides is 4. The van der Waals surface area contributed by atoms with Gasteiger partial charge in [-0.3, -0.25) is 19.1 Å². The Morgan fingerprint density at radius 2 is 1.92 bits per heavy atom. The first-order valence-electron chi connectivity index (χ1n) is 21.4. The third-order valence-electron chi connectivity index (χ3n) is 13.1. The molecule has 0 spiro atoms. The summed E-state index contributed by atoms with van der Waals surface area (Å²) in [5.41, 5.74) is -3.05. The summed E-state index contributed by atoms with van der Waals surface area (Å²) in [6.45, 7) is 4.98. The van der Waals surface area contributed by atoms with Gasteiger partial charge in [0.05, 0.1) is 20.3 Å². The van der Waals surface area contributed by atoms with Gasteiger partial charge in [-0.25, -0.2) is 26.4 Å². The monoisotopic (exact) mass is 891 g/mol. The number of halogens is 3. The smallest absolute Gasteiger partial charge is 0.408 e. The van der Waals surface area contributed by atoms with Gasteiger partial charge in [0.25, 0.3) is 12.3 Å². The first-order valence-corrected chi connectivity index (χ1v) is 22.9. The molecular formula is C43H56F3N5O10S. The van der Waals surface area contributed by atoms with Crippen molar-refractivity contribution < 1.29 is 59.7 Å². The van der Waals surface area contributed by atoms with Crippen LogP contribution in [0.3, 0.4) is 0 Å². The van der Waals surface area contributed by atoms with Gasteiger partial charge in [0, 0.05) is 23.3 Å². The zero-order valence-corrected chi connectivity index (χ0v) is 36.5. The van der Waals surface area contributed by atoms with E-state index >= 15 is 4.79 Å². The number of allylic oxidation sites excluding steroid dienone is 1. The number of methoxy groups -OCH3 is 1. The molecule has 4 heterocycles. The number of fused-ring (bicyclic) bond motifs is 5. The van der Waals surface area contributed by atoms with Crippen LogP contribution in [0.1, 0.15) is 91.0 Å². The van der Waals surface area contributed by atoms with Gasteiger partial charge < -0.3 is 34.5 Å². The number of aromatic nitrogens is 1. The number of alkyl halides is 3. The quantitative estimate of drug-likeness (QED) is 0.249. The molecule has 0 unspecified atom stereocenters. The minimum atomic E-state index is -4.45. The average Bonchev–Trinajstić information content (AvgIpc) is 4.14. The number of ether oxygens (including phenoxy) is 4. The average molecular weight is 892 g/mol. The summed E-state index contributed by atoms with van der Waals surface area (Å²) >= 11 is 0. The molecule has 3 N–H and O–H groups in total. The van der Waals surface area contributed by atoms with Crippen molar-refractivity contribution in [2.45, 2.75) is 132 Å². The lowest BCUT2D eigenvalue weighted by Gasteiger charge is -2.34. The Morgan fingerprint density at radius 3 is 2.60 bits per heavy atom. The zero-order chi connectivity index (χ0) is 44.8. The molecule has 2 aliphatic carbocycles. The molecule has 0 radical (unpaired) electrons. The third kappa shape index (κ3) is 8.87. The molecular weight excluding hydrogens is 836 g/mol. The fourth-order valence-corrected chi connectivity index (χ4v) is 10.3. The Hall–Kier alpha value is -4.81. The molecule has 62 heavy (non-hydrogen) atoms. The van der Waals surface area contributed by atoms with Crippen LogP contribution in [0.4, 0.5) is 18.0 Å². The Labute approximate surface area is 359 Å². The summed E-state index contributed by atoms with van der Waals surface area (Å²) in [5, 5.41) is 6.78. The van der Waals surface area contributed by atoms with E-state index in [1.54, 1.807) is 25.3 Å². The molecule has 0 bridgehead atoms. The van der Waals surface area contributed by atoms with E-state index in [-0.39, 0.29) is 44.0 Å². The maximum absolute atomic E-state index is 15.1. The minimum Gasteiger partial charge on any atom is -0.497 e. The molecule has 5 aliphatic rings. The fourth-order valence-electron chi connectivity index (χ4n) is 8.86. The summed E-state index contributed by atoms with van der Waals surface area (Å²) in [6.07, 6.45) is 1.90. The summed E-state index contributed by atoms with van der Waals surface area (Å²) in [4.78, 5) is 63.1. The van der Waals surface area contributed by atoms with E-state index in [0.717, 1.165) is 31.2 Å². The van der Waals surface area contributed by atoms with Crippen molar-refractivity contribution in [2.75, 3.05) is 26.9 Å². The molecule has 1 aromatic heterocycles. The standard InChI is InChI=1S/C43H56F3N5O10S/c1-6-25-18-24(2)10-7-8-11-26-21-43(26,39(54)50-62(56,57)42(23-44)15-16-42)49-34(52)32-20-28(22-51(32)37(53)33(25)47-40(55)61-41(3,4)38(45)46)60-36-30-14-13-27(58-5)19-31(30)29-12-9-17-59-35(29)48-36/h8,11,13-14,19,24-26,28,32-33,38H,6-7,9-10,12,15-18,20-23H2,1-5H3,(H,47,55)(H,49,52)(H,50,54)/b11-8-/t24-,25+,26+,28+,32-,33-,43+/m0/s1. The second kappa shape index (κ2) is 17.4. The fraction of sp³-hybridized carbons (Fsp3) is 0.651. The molecule has 2 aromatic rings. The zero-order valence-electron chi connectivity index (χ0n) is 35.6. The van der Waals surface area contributed by atoms with Crippen molar-refractivity contribution in [2.24, 2.45) is 17.8 Å². The largest absolute Gasteiger partial charge is 0.497 e. The van der Waals surface area contributed by atoms with Gasteiger partial charge >= 0.3 is 6.09 Å². The normalized spacial score (nSPS) is 29.1. The summed E-state index contributed by atoms with van der Waals surface area (Å²) < 4.78 is 91.7. The maximum Gasteiger partial charge on any atom is 0.408 e. The number of alkyl carbamates (subject to hydrolysis) is 1. The number of sulfonamides is 1. The van der Waals surface area contributed by atoms with Crippen molar-refractivity contribution in [3.63, 3.8) is 0 Å². The summed E-state index contributed by atoms with van der Waals surface area (Å²) in [6, 6.07) is 2.73. The minimum absolute atomic E-state index is 0.0115. The van der Waals surface area contributed by atoms with E-state index in [9.17, 15) is 36.0 Å². The lowest BCUT2D eigenvalue weighted by Crippen LogP contribution is -2.60. The number of hydrogen-bond acceptors (Lipinski definition) is 11. The maximum atomic E-state index is 15.1. The lowest BCUT2D eigenvalue weighted by atomic mass is 9.85. The number of rotatable bonds is 11. The van der Waals surface area contributed by atoms with Crippen LogP contribution in [-0.4, -0.2) is 110 Å². The predicted octanol–water partition coefficient (Wildman–Crippen LogP) is 5.28. The third-order valence-corrected chi connectivity index (χ3v) is 15.2. The molecule has 7 atom stereocenters. The number of pyridine rings is 1. The molecule has 3 fully saturated rings. The topological polar surface area (TPSA) is 192 Å². The van der Waals surface area contributed by atoms with Gasteiger partial charge in [0.2, 0.25) is 33.6 Å². The van der Waals surface area contributed by atoms with E-state index in [4.69, 9.17) is 23.9 Å². The van der Waals surface area contributed by atoms with Crippen molar-refractivity contribution in [1.29, 1.82) is 0 Å². The van der Waals surface area contributed by atoms with Crippen molar-refractivity contribution in [3.05, 3.63) is 35.9 Å². The Balaban J connectivity index is 1.26. The number of nitrogens with one attached hydrogen (secondary N) is 3. The van der Waals surface area contributed by atoms with E-state index in [0.29, 0.717) is 55.7 Å². The number of carbonyl (C=O) groups excluding carboxylic acids is 4. The van der Waals surface area contributed by atoms with Crippen LogP contribution in [-0.2, 0) is 35.6 Å². The second-order valence-corrected chi connectivity index (χ2v) is 20.1. The molecule has 340 valence electrons.